The van der Waals surface area contributed by atoms with Crippen molar-refractivity contribution in [2.45, 2.75) is 19.3 Å². The predicted molar refractivity (Wildman–Crippen MR) is 65.6 cm³/mol. The molecule has 2 rings (SSSR count). The highest BCUT2D eigenvalue weighted by Crippen LogP contribution is 2.27. The first kappa shape index (κ1) is 11.6. The first-order chi connectivity index (χ1) is 8.20. The zero-order valence-corrected chi connectivity index (χ0v) is 9.82. The molecule has 1 aromatic rings. The number of para-hydroxylation sites is 1. The Bertz CT molecular complexity index is 443. The highest BCUT2D eigenvalue weighted by Gasteiger charge is 2.25. The summed E-state index contributed by atoms with van der Waals surface area (Å²) in [6, 6.07) is 7.79. The van der Waals surface area contributed by atoms with Gasteiger partial charge in [-0.2, -0.15) is 0 Å². The highest BCUT2D eigenvalue weighted by atomic mass is 16.2. The maximum absolute atomic E-state index is 11.8. The Morgan fingerprint density at radius 2 is 2.24 bits per heavy atom. The van der Waals surface area contributed by atoms with Gasteiger partial charge in [0.15, 0.2) is 0 Å². The van der Waals surface area contributed by atoms with Crippen molar-refractivity contribution in [2.24, 2.45) is 5.92 Å². The minimum Gasteiger partial charge on any atom is -0.359 e. The van der Waals surface area contributed by atoms with Crippen LogP contribution in [0.2, 0.25) is 0 Å². The quantitative estimate of drug-likeness (QED) is 0.825. The summed E-state index contributed by atoms with van der Waals surface area (Å²) < 4.78 is 0. The molecule has 4 heteroatoms. The van der Waals surface area contributed by atoms with Crippen molar-refractivity contribution in [3.63, 3.8) is 0 Å². The maximum atomic E-state index is 11.8. The van der Waals surface area contributed by atoms with Crippen molar-refractivity contribution >= 4 is 17.5 Å². The van der Waals surface area contributed by atoms with Crippen molar-refractivity contribution in [3.8, 4) is 0 Å². The van der Waals surface area contributed by atoms with Gasteiger partial charge < -0.3 is 10.6 Å². The minimum atomic E-state index is -0.0952. The Labute approximate surface area is 100 Å². The van der Waals surface area contributed by atoms with E-state index in [1.54, 1.807) is 7.05 Å². The zero-order chi connectivity index (χ0) is 12.3. The second kappa shape index (κ2) is 4.99. The SMILES string of the molecule is CNC(=O)CCC1Cc2ccccc2NC1=O. The van der Waals surface area contributed by atoms with E-state index in [4.69, 9.17) is 0 Å². The van der Waals surface area contributed by atoms with E-state index >= 15 is 0 Å². The first-order valence-corrected chi connectivity index (χ1v) is 5.80. The molecule has 1 heterocycles. The fourth-order valence-electron chi connectivity index (χ4n) is 2.08. The molecule has 1 unspecified atom stereocenters. The van der Waals surface area contributed by atoms with Gasteiger partial charge in [0.25, 0.3) is 0 Å². The molecule has 0 saturated heterocycles. The number of nitrogens with one attached hydrogen (secondary N) is 2. The van der Waals surface area contributed by atoms with E-state index in [2.05, 4.69) is 10.6 Å². The second-order valence-corrected chi connectivity index (χ2v) is 4.26. The number of carbonyl (C=O) groups is 2. The van der Waals surface area contributed by atoms with E-state index in [-0.39, 0.29) is 17.7 Å². The molecule has 0 radical (unpaired) electrons. The summed E-state index contributed by atoms with van der Waals surface area (Å²) in [5.74, 6) is -0.0912. The van der Waals surface area contributed by atoms with E-state index in [1.165, 1.54) is 0 Å². The molecule has 1 aromatic carbocycles. The number of hydrogen-bond donors (Lipinski definition) is 2. The summed E-state index contributed by atoms with van der Waals surface area (Å²) in [4.78, 5) is 23.0. The molecule has 0 bridgehead atoms. The Morgan fingerprint density at radius 3 is 3.00 bits per heavy atom. The third-order valence-corrected chi connectivity index (χ3v) is 3.11. The number of rotatable bonds is 3. The van der Waals surface area contributed by atoms with E-state index in [0.717, 1.165) is 17.7 Å². The Kier molecular flexibility index (Phi) is 3.42. The van der Waals surface area contributed by atoms with Crippen LogP contribution in [0.5, 0.6) is 0 Å². The van der Waals surface area contributed by atoms with Gasteiger partial charge in [0.1, 0.15) is 0 Å². The molecule has 0 saturated carbocycles. The number of amides is 2. The van der Waals surface area contributed by atoms with Gasteiger partial charge >= 0.3 is 0 Å². The summed E-state index contributed by atoms with van der Waals surface area (Å²) >= 11 is 0. The monoisotopic (exact) mass is 232 g/mol. The van der Waals surface area contributed by atoms with Gasteiger partial charge in [-0.1, -0.05) is 18.2 Å². The van der Waals surface area contributed by atoms with Crippen LogP contribution in [0.15, 0.2) is 24.3 Å². The fraction of sp³-hybridized carbons (Fsp3) is 0.385. The molecule has 1 aliphatic rings. The summed E-state index contributed by atoms with van der Waals surface area (Å²) in [6.07, 6.45) is 1.72. The average Bonchev–Trinajstić information content (AvgIpc) is 2.35. The lowest BCUT2D eigenvalue weighted by Gasteiger charge is -2.24. The highest BCUT2D eigenvalue weighted by molar-refractivity contribution is 5.95. The lowest BCUT2D eigenvalue weighted by Crippen LogP contribution is -2.31. The van der Waals surface area contributed by atoms with Crippen LogP contribution in [0.1, 0.15) is 18.4 Å². The van der Waals surface area contributed by atoms with Crippen LogP contribution in [0.4, 0.5) is 5.69 Å². The summed E-state index contributed by atoms with van der Waals surface area (Å²) in [5, 5.41) is 5.45. The van der Waals surface area contributed by atoms with Crippen molar-refractivity contribution in [1.82, 2.24) is 5.32 Å². The molecular formula is C13H16N2O2. The number of hydrogen-bond acceptors (Lipinski definition) is 2. The number of anilines is 1. The first-order valence-electron chi connectivity index (χ1n) is 5.80. The van der Waals surface area contributed by atoms with Crippen LogP contribution in [0, 0.1) is 5.92 Å². The van der Waals surface area contributed by atoms with Gasteiger partial charge in [-0.15, -0.1) is 0 Å². The standard InChI is InChI=1S/C13H16N2O2/c1-14-12(16)7-6-10-8-9-4-2-3-5-11(9)15-13(10)17/h2-5,10H,6-8H2,1H3,(H,14,16)(H,15,17). The summed E-state index contributed by atoms with van der Waals surface area (Å²) in [7, 11) is 1.61. The summed E-state index contributed by atoms with van der Waals surface area (Å²) in [6.45, 7) is 0. The average molecular weight is 232 g/mol. The predicted octanol–water partition coefficient (Wildman–Crippen LogP) is 1.32. The Hall–Kier alpha value is -1.84. The van der Waals surface area contributed by atoms with Crippen molar-refractivity contribution < 1.29 is 9.59 Å². The molecule has 17 heavy (non-hydrogen) atoms. The third kappa shape index (κ3) is 2.64. The summed E-state index contributed by atoms with van der Waals surface area (Å²) in [5.41, 5.74) is 2.04. The molecule has 2 amide bonds. The lowest BCUT2D eigenvalue weighted by molar-refractivity contribution is -0.122. The van der Waals surface area contributed by atoms with Crippen molar-refractivity contribution in [2.75, 3.05) is 12.4 Å². The van der Waals surface area contributed by atoms with E-state index in [1.807, 2.05) is 24.3 Å². The number of benzene rings is 1. The van der Waals surface area contributed by atoms with Crippen LogP contribution in [0.3, 0.4) is 0 Å². The Morgan fingerprint density at radius 1 is 1.47 bits per heavy atom. The van der Waals surface area contributed by atoms with Gasteiger partial charge in [-0.05, 0) is 24.5 Å². The minimum absolute atomic E-state index is 0.0170. The molecule has 0 spiro atoms. The Balaban J connectivity index is 2.02. The maximum Gasteiger partial charge on any atom is 0.227 e. The third-order valence-electron chi connectivity index (χ3n) is 3.11. The second-order valence-electron chi connectivity index (χ2n) is 4.26. The van der Waals surface area contributed by atoms with Gasteiger partial charge in [-0.25, -0.2) is 0 Å². The number of carbonyl (C=O) groups excluding carboxylic acids is 2. The molecule has 0 fully saturated rings. The van der Waals surface area contributed by atoms with Gasteiger partial charge in [0, 0.05) is 25.1 Å². The molecule has 2 N–H and O–H groups in total. The smallest absolute Gasteiger partial charge is 0.227 e. The van der Waals surface area contributed by atoms with Gasteiger partial charge in [0.2, 0.25) is 11.8 Å². The molecule has 1 atom stereocenters. The van der Waals surface area contributed by atoms with Crippen LogP contribution >= 0.6 is 0 Å². The zero-order valence-electron chi connectivity index (χ0n) is 9.82. The molecule has 90 valence electrons. The van der Waals surface area contributed by atoms with Crippen molar-refractivity contribution in [1.29, 1.82) is 0 Å². The van der Waals surface area contributed by atoms with Crippen LogP contribution in [-0.4, -0.2) is 18.9 Å². The van der Waals surface area contributed by atoms with Crippen molar-refractivity contribution in [3.05, 3.63) is 29.8 Å². The van der Waals surface area contributed by atoms with E-state index in [0.29, 0.717) is 12.8 Å². The largest absolute Gasteiger partial charge is 0.359 e. The van der Waals surface area contributed by atoms with Gasteiger partial charge in [0.05, 0.1) is 0 Å². The van der Waals surface area contributed by atoms with Crippen LogP contribution in [0.25, 0.3) is 0 Å². The van der Waals surface area contributed by atoms with E-state index < -0.39 is 0 Å². The molecule has 0 aliphatic carbocycles. The normalized spacial score (nSPS) is 18.2. The van der Waals surface area contributed by atoms with Crippen LogP contribution in [-0.2, 0) is 16.0 Å². The number of fused-ring (bicyclic) bond motifs is 1. The fourth-order valence-corrected chi connectivity index (χ4v) is 2.08. The van der Waals surface area contributed by atoms with Gasteiger partial charge in [-0.3, -0.25) is 9.59 Å². The molecule has 0 aromatic heterocycles. The molecule has 4 nitrogen and oxygen atoms in total. The topological polar surface area (TPSA) is 58.2 Å². The van der Waals surface area contributed by atoms with E-state index in [9.17, 15) is 9.59 Å². The molecular weight excluding hydrogens is 216 g/mol. The van der Waals surface area contributed by atoms with Crippen LogP contribution < -0.4 is 10.6 Å². The molecule has 1 aliphatic heterocycles. The lowest BCUT2D eigenvalue weighted by atomic mass is 9.89.